The van der Waals surface area contributed by atoms with Crippen molar-refractivity contribution in [3.8, 4) is 0 Å². The van der Waals surface area contributed by atoms with Crippen LogP contribution in [0.3, 0.4) is 0 Å². The highest BCUT2D eigenvalue weighted by Gasteiger charge is 2.62. The normalized spacial score (nSPS) is 56.9. The average molecular weight is 302 g/mol. The number of hydrogen-bond acceptors (Lipinski definition) is 2. The largest absolute Gasteiger partial charge is 0.393 e. The van der Waals surface area contributed by atoms with E-state index in [0.717, 1.165) is 32.1 Å². The second-order valence-corrected chi connectivity index (χ2v) is 8.92. The molecule has 4 rings (SSSR count). The van der Waals surface area contributed by atoms with E-state index < -0.39 is 0 Å². The fraction of sp³-hybridized carbons (Fsp3) is 0.800. The van der Waals surface area contributed by atoms with Gasteiger partial charge in [-0.15, -0.1) is 0 Å². The van der Waals surface area contributed by atoms with Gasteiger partial charge in [0.2, 0.25) is 0 Å². The summed E-state index contributed by atoms with van der Waals surface area (Å²) in [4.78, 5) is 0. The fourth-order valence-electron chi connectivity index (χ4n) is 6.72. The van der Waals surface area contributed by atoms with Crippen LogP contribution in [0.2, 0.25) is 0 Å². The number of allylic oxidation sites excluding steroid dienone is 4. The van der Waals surface area contributed by atoms with Gasteiger partial charge in [0.1, 0.15) is 0 Å². The predicted molar refractivity (Wildman–Crippen MR) is 88.2 cm³/mol. The van der Waals surface area contributed by atoms with Crippen molar-refractivity contribution >= 4 is 0 Å². The molecule has 2 nitrogen and oxygen atoms in total. The fourth-order valence-corrected chi connectivity index (χ4v) is 6.72. The monoisotopic (exact) mass is 302 g/mol. The molecule has 0 aliphatic heterocycles. The molecule has 0 aromatic carbocycles. The highest BCUT2D eigenvalue weighted by molar-refractivity contribution is 5.35. The number of rotatable bonds is 0. The van der Waals surface area contributed by atoms with E-state index in [1.807, 2.05) is 0 Å². The van der Waals surface area contributed by atoms with E-state index >= 15 is 0 Å². The van der Waals surface area contributed by atoms with Gasteiger partial charge >= 0.3 is 0 Å². The molecule has 2 saturated carbocycles. The van der Waals surface area contributed by atoms with Crippen LogP contribution in [0.15, 0.2) is 23.8 Å². The summed E-state index contributed by atoms with van der Waals surface area (Å²) in [5.74, 6) is 1.94. The lowest BCUT2D eigenvalue weighted by Gasteiger charge is -2.59. The van der Waals surface area contributed by atoms with Crippen LogP contribution in [-0.4, -0.2) is 22.4 Å². The predicted octanol–water partition coefficient (Wildman–Crippen LogP) is 3.69. The van der Waals surface area contributed by atoms with E-state index in [1.165, 1.54) is 5.57 Å². The van der Waals surface area contributed by atoms with Gasteiger partial charge in [-0.05, 0) is 72.2 Å². The smallest absolute Gasteiger partial charge is 0.0597 e. The van der Waals surface area contributed by atoms with Gasteiger partial charge < -0.3 is 10.2 Å². The summed E-state index contributed by atoms with van der Waals surface area (Å²) in [5, 5.41) is 21.6. The molecule has 0 radical (unpaired) electrons. The molecule has 4 aliphatic carbocycles. The highest BCUT2D eigenvalue weighted by Crippen LogP contribution is 2.65. The Morgan fingerprint density at radius 3 is 2.73 bits per heavy atom. The third-order valence-electron chi connectivity index (χ3n) is 7.87. The third kappa shape index (κ3) is 1.74. The first-order valence-corrected chi connectivity index (χ1v) is 9.13. The van der Waals surface area contributed by atoms with Gasteiger partial charge in [0.05, 0.1) is 12.2 Å². The van der Waals surface area contributed by atoms with Crippen molar-refractivity contribution in [2.24, 2.45) is 34.5 Å². The zero-order valence-electron chi connectivity index (χ0n) is 14.1. The molecule has 22 heavy (non-hydrogen) atoms. The second-order valence-electron chi connectivity index (χ2n) is 8.92. The Morgan fingerprint density at radius 1 is 1.18 bits per heavy atom. The SMILES string of the molecule is C[C@H]1C=C2C=CCC[C@]2(C)[C@@H]2[C@@H]1[C@@H]1CC[C@H](O)[C@@]1(C)C[C@@H]2O. The Bertz CT molecular complexity index is 536. The molecule has 0 aromatic rings. The van der Waals surface area contributed by atoms with E-state index in [1.54, 1.807) is 0 Å². The summed E-state index contributed by atoms with van der Waals surface area (Å²) in [7, 11) is 0. The Labute approximate surface area is 134 Å². The first-order valence-electron chi connectivity index (χ1n) is 9.13. The van der Waals surface area contributed by atoms with E-state index in [9.17, 15) is 10.2 Å². The van der Waals surface area contributed by atoms with Crippen molar-refractivity contribution in [3.63, 3.8) is 0 Å². The van der Waals surface area contributed by atoms with Gasteiger partial charge in [-0.25, -0.2) is 0 Å². The second kappa shape index (κ2) is 4.70. The molecule has 0 unspecified atom stereocenters. The lowest BCUT2D eigenvalue weighted by Crippen LogP contribution is -2.58. The van der Waals surface area contributed by atoms with Crippen LogP contribution in [0.5, 0.6) is 0 Å². The molecule has 0 spiro atoms. The van der Waals surface area contributed by atoms with Crippen molar-refractivity contribution in [3.05, 3.63) is 23.8 Å². The molecule has 4 aliphatic rings. The molecule has 0 bridgehead atoms. The van der Waals surface area contributed by atoms with Gasteiger partial charge in [0.15, 0.2) is 0 Å². The summed E-state index contributed by atoms with van der Waals surface area (Å²) >= 11 is 0. The molecule has 2 fully saturated rings. The highest BCUT2D eigenvalue weighted by atomic mass is 16.3. The number of fused-ring (bicyclic) bond motifs is 5. The van der Waals surface area contributed by atoms with Crippen LogP contribution in [0.1, 0.15) is 52.9 Å². The first-order chi connectivity index (χ1) is 10.4. The van der Waals surface area contributed by atoms with Crippen LogP contribution < -0.4 is 0 Å². The standard InChI is InChI=1S/C20H30O2/c1-12-10-13-6-4-5-9-19(13,2)18-15(21)11-20(3)14(17(12)18)7-8-16(20)22/h4,6,10,12,14-18,21-22H,5,7-9,11H2,1-3H3/t12-,14-,15-,16-,17-,18-,19-,20-/m0/s1. The molecule has 0 amide bonds. The molecule has 8 atom stereocenters. The number of hydrogen-bond donors (Lipinski definition) is 2. The van der Waals surface area contributed by atoms with Crippen molar-refractivity contribution in [2.45, 2.75) is 65.1 Å². The molecule has 0 heterocycles. The maximum Gasteiger partial charge on any atom is 0.0597 e. The topological polar surface area (TPSA) is 40.5 Å². The molecule has 0 aromatic heterocycles. The Hall–Kier alpha value is -0.600. The van der Waals surface area contributed by atoms with E-state index in [-0.39, 0.29) is 23.0 Å². The first kappa shape index (κ1) is 15.0. The summed E-state index contributed by atoms with van der Waals surface area (Å²) < 4.78 is 0. The Kier molecular flexibility index (Phi) is 3.20. The number of aliphatic hydroxyl groups excluding tert-OH is 2. The molecule has 0 saturated heterocycles. The molecule has 122 valence electrons. The van der Waals surface area contributed by atoms with E-state index in [2.05, 4.69) is 39.0 Å². The minimum atomic E-state index is -0.276. The van der Waals surface area contributed by atoms with Crippen LogP contribution in [-0.2, 0) is 0 Å². The zero-order chi connectivity index (χ0) is 15.7. The maximum absolute atomic E-state index is 11.1. The lowest BCUT2D eigenvalue weighted by molar-refractivity contribution is -0.141. The van der Waals surface area contributed by atoms with E-state index in [4.69, 9.17) is 0 Å². The summed E-state index contributed by atoms with van der Waals surface area (Å²) in [5.41, 5.74) is 1.50. The van der Waals surface area contributed by atoms with Gasteiger partial charge in [-0.2, -0.15) is 0 Å². The minimum absolute atomic E-state index is 0.0823. The molecule has 2 heteroatoms. The van der Waals surface area contributed by atoms with Crippen LogP contribution in [0.25, 0.3) is 0 Å². The van der Waals surface area contributed by atoms with Gasteiger partial charge in [-0.3, -0.25) is 0 Å². The lowest BCUT2D eigenvalue weighted by atomic mass is 9.46. The van der Waals surface area contributed by atoms with Gasteiger partial charge in [-0.1, -0.05) is 39.0 Å². The average Bonchev–Trinajstić information content (AvgIpc) is 2.75. The van der Waals surface area contributed by atoms with Crippen molar-refractivity contribution in [1.82, 2.24) is 0 Å². The summed E-state index contributed by atoms with van der Waals surface area (Å²) in [6, 6.07) is 0. The Balaban J connectivity index is 1.82. The van der Waals surface area contributed by atoms with Crippen LogP contribution >= 0.6 is 0 Å². The van der Waals surface area contributed by atoms with Crippen molar-refractivity contribution < 1.29 is 10.2 Å². The van der Waals surface area contributed by atoms with Crippen molar-refractivity contribution in [2.75, 3.05) is 0 Å². The maximum atomic E-state index is 11.1. The van der Waals surface area contributed by atoms with E-state index in [0.29, 0.717) is 23.7 Å². The Morgan fingerprint density at radius 2 is 1.95 bits per heavy atom. The van der Waals surface area contributed by atoms with Gasteiger partial charge in [0.25, 0.3) is 0 Å². The summed E-state index contributed by atoms with van der Waals surface area (Å²) in [6.07, 6.45) is 11.7. The van der Waals surface area contributed by atoms with Crippen molar-refractivity contribution in [1.29, 1.82) is 0 Å². The minimum Gasteiger partial charge on any atom is -0.393 e. The van der Waals surface area contributed by atoms with Gasteiger partial charge in [0, 0.05) is 0 Å². The quantitative estimate of drug-likeness (QED) is 0.716. The zero-order valence-corrected chi connectivity index (χ0v) is 14.1. The third-order valence-corrected chi connectivity index (χ3v) is 7.87. The molecule has 2 N–H and O–H groups in total. The van der Waals surface area contributed by atoms with Crippen LogP contribution in [0, 0.1) is 34.5 Å². The molecular weight excluding hydrogens is 272 g/mol. The molecular formula is C20H30O2. The number of aliphatic hydroxyl groups is 2. The van der Waals surface area contributed by atoms with Crippen LogP contribution in [0.4, 0.5) is 0 Å². The summed E-state index contributed by atoms with van der Waals surface area (Å²) in [6.45, 7) is 6.93.